The molecular weight excluding hydrogens is 480 g/mol. The first-order valence-corrected chi connectivity index (χ1v) is 14.1. The Morgan fingerprint density at radius 1 is 1.08 bits per heavy atom. The third-order valence-electron chi connectivity index (χ3n) is 6.91. The quantitative estimate of drug-likeness (QED) is 0.286. The molecule has 0 saturated carbocycles. The van der Waals surface area contributed by atoms with Crippen molar-refractivity contribution in [2.45, 2.75) is 25.7 Å². The first-order chi connectivity index (χ1) is 18.1. The Hall–Kier alpha value is -3.07. The van der Waals surface area contributed by atoms with Gasteiger partial charge in [-0.2, -0.15) is 0 Å². The number of carbonyl (C=O) groups is 1. The van der Waals surface area contributed by atoms with E-state index in [0.29, 0.717) is 6.54 Å². The van der Waals surface area contributed by atoms with Gasteiger partial charge in [0.1, 0.15) is 0 Å². The molecular formula is C29H36N6OS. The van der Waals surface area contributed by atoms with E-state index in [2.05, 4.69) is 49.7 Å². The average molecular weight is 517 g/mol. The van der Waals surface area contributed by atoms with Crippen molar-refractivity contribution in [2.75, 3.05) is 58.7 Å². The van der Waals surface area contributed by atoms with E-state index in [1.165, 1.54) is 43.7 Å². The largest absolute Gasteiger partial charge is 0.384 e. The van der Waals surface area contributed by atoms with Crippen LogP contribution < -0.4 is 10.6 Å². The molecule has 1 aliphatic rings. The number of thiophene rings is 1. The van der Waals surface area contributed by atoms with Crippen molar-refractivity contribution in [3.05, 3.63) is 53.7 Å². The highest BCUT2D eigenvalue weighted by Crippen LogP contribution is 2.33. The number of carbonyl (C=O) groups excluding carboxylic acids is 1. The molecule has 0 aliphatic carbocycles. The van der Waals surface area contributed by atoms with Gasteiger partial charge in [0.15, 0.2) is 0 Å². The molecule has 8 heteroatoms. The summed E-state index contributed by atoms with van der Waals surface area (Å²) in [5.74, 6) is -0.0167. The summed E-state index contributed by atoms with van der Waals surface area (Å²) >= 11 is 1.53. The van der Waals surface area contributed by atoms with Crippen LogP contribution in [0.4, 0.5) is 5.69 Å². The van der Waals surface area contributed by atoms with Crippen LogP contribution in [0.15, 0.2) is 48.8 Å². The van der Waals surface area contributed by atoms with Crippen molar-refractivity contribution in [1.29, 1.82) is 0 Å². The van der Waals surface area contributed by atoms with E-state index in [1.54, 1.807) is 6.20 Å². The number of likely N-dealkylation sites (tertiary alicyclic amines) is 1. The molecule has 0 radical (unpaired) electrons. The van der Waals surface area contributed by atoms with Gasteiger partial charge in [0.05, 0.1) is 16.1 Å². The van der Waals surface area contributed by atoms with Crippen LogP contribution in [0.1, 0.15) is 35.4 Å². The highest BCUT2D eigenvalue weighted by Gasteiger charge is 2.13. The van der Waals surface area contributed by atoms with E-state index < -0.39 is 0 Å². The molecule has 5 rings (SSSR count). The van der Waals surface area contributed by atoms with E-state index >= 15 is 0 Å². The number of anilines is 1. The van der Waals surface area contributed by atoms with Crippen LogP contribution in [-0.4, -0.2) is 79.0 Å². The lowest BCUT2D eigenvalue weighted by atomic mass is 10.1. The number of likely N-dealkylation sites (N-methyl/N-ethyl adjacent to an activating group) is 1. The van der Waals surface area contributed by atoms with Gasteiger partial charge in [0, 0.05) is 53.4 Å². The van der Waals surface area contributed by atoms with Crippen molar-refractivity contribution in [3.63, 3.8) is 0 Å². The number of nitrogens with one attached hydrogen (secondary N) is 2. The zero-order chi connectivity index (χ0) is 25.6. The number of fused-ring (bicyclic) bond motifs is 2. The van der Waals surface area contributed by atoms with Crippen LogP contribution in [0, 0.1) is 0 Å². The van der Waals surface area contributed by atoms with Crippen molar-refractivity contribution < 1.29 is 4.79 Å². The van der Waals surface area contributed by atoms with Crippen LogP contribution in [-0.2, 0) is 0 Å². The standard InChI is InChI=1S/C29H36N6OS/c1-34(2)16-12-32-29(36)28-18-22-8-7-21(17-27(22)37-28)25-19-26(23-20-30-11-9-24(23)33-25)31-10-6-15-35-13-4-3-5-14-35/h7-9,11,17-20H,3-6,10,12-16H2,1-2H3,(H,31,33)(H,32,36). The van der Waals surface area contributed by atoms with E-state index in [9.17, 15) is 4.79 Å². The molecule has 1 fully saturated rings. The normalized spacial score (nSPS) is 14.5. The maximum absolute atomic E-state index is 12.6. The van der Waals surface area contributed by atoms with E-state index in [1.807, 2.05) is 32.4 Å². The minimum Gasteiger partial charge on any atom is -0.384 e. The Bertz CT molecular complexity index is 1360. The number of amides is 1. The lowest BCUT2D eigenvalue weighted by molar-refractivity contribution is 0.0955. The molecule has 1 aliphatic heterocycles. The minimum absolute atomic E-state index is 0.0167. The number of rotatable bonds is 10. The summed E-state index contributed by atoms with van der Waals surface area (Å²) in [6, 6.07) is 12.4. The Morgan fingerprint density at radius 3 is 2.78 bits per heavy atom. The van der Waals surface area contributed by atoms with Gasteiger partial charge in [-0.05, 0) is 82.6 Å². The molecule has 0 atom stereocenters. The van der Waals surface area contributed by atoms with Gasteiger partial charge in [-0.25, -0.2) is 4.98 Å². The first kappa shape index (κ1) is 25.6. The Balaban J connectivity index is 1.33. The van der Waals surface area contributed by atoms with Crippen molar-refractivity contribution >= 4 is 43.9 Å². The molecule has 194 valence electrons. The summed E-state index contributed by atoms with van der Waals surface area (Å²) in [4.78, 5) is 27.3. The lowest BCUT2D eigenvalue weighted by Crippen LogP contribution is -2.31. The first-order valence-electron chi connectivity index (χ1n) is 13.2. The molecule has 1 amide bonds. The Kier molecular flexibility index (Phi) is 8.28. The van der Waals surface area contributed by atoms with Crippen molar-refractivity contribution in [3.8, 4) is 11.3 Å². The summed E-state index contributed by atoms with van der Waals surface area (Å²) in [5.41, 5.74) is 3.96. The molecule has 0 spiro atoms. The predicted octanol–water partition coefficient (Wildman–Crippen LogP) is 5.09. The molecule has 1 aromatic carbocycles. The van der Waals surface area contributed by atoms with Gasteiger partial charge in [-0.3, -0.25) is 9.78 Å². The monoisotopic (exact) mass is 516 g/mol. The van der Waals surface area contributed by atoms with Gasteiger partial charge in [-0.15, -0.1) is 11.3 Å². The van der Waals surface area contributed by atoms with Crippen LogP contribution in [0.5, 0.6) is 0 Å². The fourth-order valence-electron chi connectivity index (χ4n) is 4.85. The van der Waals surface area contributed by atoms with Gasteiger partial charge < -0.3 is 20.4 Å². The summed E-state index contributed by atoms with van der Waals surface area (Å²) in [6.07, 6.45) is 8.82. The van der Waals surface area contributed by atoms with Gasteiger partial charge in [-0.1, -0.05) is 18.6 Å². The van der Waals surface area contributed by atoms with Gasteiger partial charge in [0.25, 0.3) is 5.91 Å². The molecule has 0 unspecified atom stereocenters. The predicted molar refractivity (Wildman–Crippen MR) is 155 cm³/mol. The molecule has 3 aromatic heterocycles. The van der Waals surface area contributed by atoms with Gasteiger partial charge >= 0.3 is 0 Å². The fraction of sp³-hybridized carbons (Fsp3) is 0.414. The minimum atomic E-state index is -0.0167. The van der Waals surface area contributed by atoms with Crippen LogP contribution in [0.3, 0.4) is 0 Å². The van der Waals surface area contributed by atoms with Crippen LogP contribution in [0.2, 0.25) is 0 Å². The highest BCUT2D eigenvalue weighted by atomic mass is 32.1. The van der Waals surface area contributed by atoms with Crippen LogP contribution in [0.25, 0.3) is 32.2 Å². The maximum atomic E-state index is 12.6. The topological polar surface area (TPSA) is 73.4 Å². The second-order valence-electron chi connectivity index (χ2n) is 10.1. The number of piperidine rings is 1. The number of pyridine rings is 2. The van der Waals surface area contributed by atoms with E-state index in [0.717, 1.165) is 68.9 Å². The average Bonchev–Trinajstić information content (AvgIpc) is 3.35. The summed E-state index contributed by atoms with van der Waals surface area (Å²) in [7, 11) is 4.00. The zero-order valence-corrected chi connectivity index (χ0v) is 22.6. The highest BCUT2D eigenvalue weighted by molar-refractivity contribution is 7.20. The Morgan fingerprint density at radius 2 is 1.95 bits per heavy atom. The molecule has 1 saturated heterocycles. The number of aromatic nitrogens is 2. The van der Waals surface area contributed by atoms with Gasteiger partial charge in [0.2, 0.25) is 0 Å². The molecule has 37 heavy (non-hydrogen) atoms. The second kappa shape index (κ2) is 12.0. The molecule has 4 heterocycles. The third kappa shape index (κ3) is 6.44. The molecule has 7 nitrogen and oxygen atoms in total. The fourth-order valence-corrected chi connectivity index (χ4v) is 5.87. The zero-order valence-electron chi connectivity index (χ0n) is 21.8. The SMILES string of the molecule is CN(C)CCNC(=O)c1cc2ccc(-c3cc(NCCCN4CCCCC4)c4cnccc4n3)cc2s1. The number of benzene rings is 1. The second-order valence-corrected chi connectivity index (χ2v) is 11.1. The number of hydrogen-bond donors (Lipinski definition) is 2. The van der Waals surface area contributed by atoms with E-state index in [4.69, 9.17) is 4.98 Å². The molecule has 4 aromatic rings. The Labute approximate surface area is 222 Å². The third-order valence-corrected chi connectivity index (χ3v) is 8.01. The summed E-state index contributed by atoms with van der Waals surface area (Å²) in [5, 5.41) is 8.79. The maximum Gasteiger partial charge on any atom is 0.261 e. The number of nitrogens with zero attached hydrogens (tertiary/aromatic N) is 4. The van der Waals surface area contributed by atoms with E-state index in [-0.39, 0.29) is 5.91 Å². The van der Waals surface area contributed by atoms with Crippen molar-refractivity contribution in [2.24, 2.45) is 0 Å². The van der Waals surface area contributed by atoms with Crippen LogP contribution >= 0.6 is 11.3 Å². The molecule has 2 N–H and O–H groups in total. The smallest absolute Gasteiger partial charge is 0.261 e. The summed E-state index contributed by atoms with van der Waals surface area (Å²) < 4.78 is 1.09. The van der Waals surface area contributed by atoms with Crippen molar-refractivity contribution in [1.82, 2.24) is 25.1 Å². The number of hydrogen-bond acceptors (Lipinski definition) is 7. The molecule has 0 bridgehead atoms. The summed E-state index contributed by atoms with van der Waals surface area (Å²) in [6.45, 7) is 5.98. The lowest BCUT2D eigenvalue weighted by Gasteiger charge is -2.26.